The minimum atomic E-state index is -0.291. The quantitative estimate of drug-likeness (QED) is 0.890. The summed E-state index contributed by atoms with van der Waals surface area (Å²) < 4.78 is 0. The summed E-state index contributed by atoms with van der Waals surface area (Å²) in [6.45, 7) is 3.15. The molecular weight excluding hydrogens is 354 g/mol. The lowest BCUT2D eigenvalue weighted by Crippen LogP contribution is -2.56. The third kappa shape index (κ3) is 3.50. The highest BCUT2D eigenvalue weighted by molar-refractivity contribution is 6.04. The summed E-state index contributed by atoms with van der Waals surface area (Å²) >= 11 is 0. The Morgan fingerprint density at radius 3 is 2.61 bits per heavy atom. The van der Waals surface area contributed by atoms with Gasteiger partial charge in [0.05, 0.1) is 0 Å². The molecule has 2 aromatic carbocycles. The molecule has 2 aliphatic heterocycles. The van der Waals surface area contributed by atoms with Crippen LogP contribution in [0, 0.1) is 6.92 Å². The maximum absolute atomic E-state index is 12.6. The van der Waals surface area contributed by atoms with Crippen molar-refractivity contribution in [3.8, 4) is 0 Å². The number of amides is 3. The van der Waals surface area contributed by atoms with Crippen LogP contribution in [0.5, 0.6) is 0 Å². The summed E-state index contributed by atoms with van der Waals surface area (Å²) in [6.07, 6.45) is 1.64. The van der Waals surface area contributed by atoms with Gasteiger partial charge in [-0.3, -0.25) is 14.4 Å². The molecule has 144 valence electrons. The van der Waals surface area contributed by atoms with Crippen LogP contribution >= 0.6 is 0 Å². The number of nitrogens with one attached hydrogen (secondary N) is 1. The zero-order valence-electron chi connectivity index (χ0n) is 15.9. The van der Waals surface area contributed by atoms with Crippen molar-refractivity contribution < 1.29 is 14.4 Å². The van der Waals surface area contributed by atoms with Crippen molar-refractivity contribution in [2.45, 2.75) is 32.4 Å². The molecule has 2 aromatic rings. The molecule has 3 amide bonds. The Balaban J connectivity index is 1.42. The van der Waals surface area contributed by atoms with E-state index in [0.717, 1.165) is 29.7 Å². The van der Waals surface area contributed by atoms with Gasteiger partial charge in [0, 0.05) is 24.3 Å². The molecule has 1 atom stereocenters. The third-order valence-electron chi connectivity index (χ3n) is 5.48. The Kier molecular flexibility index (Phi) is 4.86. The van der Waals surface area contributed by atoms with E-state index in [0.29, 0.717) is 18.7 Å². The summed E-state index contributed by atoms with van der Waals surface area (Å²) in [5, 5.41) is 2.91. The van der Waals surface area contributed by atoms with Crippen LogP contribution in [0.1, 0.15) is 34.3 Å². The fourth-order valence-corrected chi connectivity index (χ4v) is 3.89. The van der Waals surface area contributed by atoms with Gasteiger partial charge in [0.25, 0.3) is 5.91 Å². The Hall–Kier alpha value is -3.15. The van der Waals surface area contributed by atoms with Gasteiger partial charge in [-0.2, -0.15) is 0 Å². The standard InChI is InChI=1S/C22H23N3O3/c1-15-5-2-3-6-18(15)23-21(27)17-10-8-16(9-11-17)13-24-14-20(26)25-12-4-7-19(25)22(24)28/h2-3,5-6,8-11,19H,4,7,12-14H2,1H3,(H,23,27). The Bertz CT molecular complexity index is 923. The number of carbonyl (C=O) groups excluding carboxylic acids is 3. The minimum absolute atomic E-state index is 0.0244. The number of hydrogen-bond acceptors (Lipinski definition) is 3. The monoisotopic (exact) mass is 377 g/mol. The van der Waals surface area contributed by atoms with E-state index in [1.54, 1.807) is 21.9 Å². The second-order valence-electron chi connectivity index (χ2n) is 7.41. The second-order valence-corrected chi connectivity index (χ2v) is 7.41. The Morgan fingerprint density at radius 2 is 1.86 bits per heavy atom. The van der Waals surface area contributed by atoms with E-state index in [-0.39, 0.29) is 30.3 Å². The van der Waals surface area contributed by atoms with E-state index in [1.807, 2.05) is 43.3 Å². The number of aryl methyl sites for hydroxylation is 1. The van der Waals surface area contributed by atoms with Crippen LogP contribution < -0.4 is 5.32 Å². The van der Waals surface area contributed by atoms with Crippen LogP contribution in [-0.2, 0) is 16.1 Å². The lowest BCUT2D eigenvalue weighted by Gasteiger charge is -2.36. The SMILES string of the molecule is Cc1ccccc1NC(=O)c1ccc(CN2CC(=O)N3CCCC3C2=O)cc1. The summed E-state index contributed by atoms with van der Waals surface area (Å²) in [4.78, 5) is 40.7. The summed E-state index contributed by atoms with van der Waals surface area (Å²) in [5.74, 6) is -0.124. The van der Waals surface area contributed by atoms with E-state index < -0.39 is 0 Å². The molecule has 0 bridgehead atoms. The first kappa shape index (κ1) is 18.2. The molecule has 2 aliphatic rings. The predicted octanol–water partition coefficient (Wildman–Crippen LogP) is 2.58. The highest BCUT2D eigenvalue weighted by atomic mass is 16.2. The first-order valence-corrected chi connectivity index (χ1v) is 9.57. The summed E-state index contributed by atoms with van der Waals surface area (Å²) in [6, 6.07) is 14.5. The van der Waals surface area contributed by atoms with Crippen molar-refractivity contribution in [3.05, 3.63) is 65.2 Å². The van der Waals surface area contributed by atoms with Crippen molar-refractivity contribution in [1.82, 2.24) is 9.80 Å². The lowest BCUT2D eigenvalue weighted by atomic mass is 10.1. The van der Waals surface area contributed by atoms with Gasteiger partial charge in [-0.1, -0.05) is 30.3 Å². The number of nitrogens with zero attached hydrogens (tertiary/aromatic N) is 2. The minimum Gasteiger partial charge on any atom is -0.329 e. The summed E-state index contributed by atoms with van der Waals surface area (Å²) in [7, 11) is 0. The zero-order chi connectivity index (χ0) is 19.7. The van der Waals surface area contributed by atoms with E-state index in [4.69, 9.17) is 0 Å². The molecule has 0 aliphatic carbocycles. The fourth-order valence-electron chi connectivity index (χ4n) is 3.89. The molecule has 6 nitrogen and oxygen atoms in total. The van der Waals surface area contributed by atoms with E-state index in [1.165, 1.54) is 0 Å². The number of rotatable bonds is 4. The molecule has 2 saturated heterocycles. The van der Waals surface area contributed by atoms with Crippen LogP contribution in [0.25, 0.3) is 0 Å². The van der Waals surface area contributed by atoms with Crippen molar-refractivity contribution in [2.75, 3.05) is 18.4 Å². The van der Waals surface area contributed by atoms with Crippen molar-refractivity contribution in [3.63, 3.8) is 0 Å². The number of para-hydroxylation sites is 1. The number of carbonyl (C=O) groups is 3. The lowest BCUT2D eigenvalue weighted by molar-refractivity contribution is -0.154. The molecule has 0 saturated carbocycles. The van der Waals surface area contributed by atoms with Gasteiger partial charge >= 0.3 is 0 Å². The van der Waals surface area contributed by atoms with Gasteiger partial charge < -0.3 is 15.1 Å². The largest absolute Gasteiger partial charge is 0.329 e. The van der Waals surface area contributed by atoms with Crippen LogP contribution in [0.15, 0.2) is 48.5 Å². The average molecular weight is 377 g/mol. The predicted molar refractivity (Wildman–Crippen MR) is 106 cm³/mol. The first-order chi connectivity index (χ1) is 13.5. The van der Waals surface area contributed by atoms with E-state index in [9.17, 15) is 14.4 Å². The van der Waals surface area contributed by atoms with Gasteiger partial charge in [0.15, 0.2) is 0 Å². The molecule has 0 radical (unpaired) electrons. The number of piperazine rings is 1. The third-order valence-corrected chi connectivity index (χ3v) is 5.48. The van der Waals surface area contributed by atoms with Gasteiger partial charge in [-0.25, -0.2) is 0 Å². The molecular formula is C22H23N3O3. The van der Waals surface area contributed by atoms with Gasteiger partial charge in [-0.05, 0) is 49.1 Å². The van der Waals surface area contributed by atoms with Crippen LogP contribution in [0.2, 0.25) is 0 Å². The molecule has 1 unspecified atom stereocenters. The first-order valence-electron chi connectivity index (χ1n) is 9.57. The second kappa shape index (κ2) is 7.46. The van der Waals surface area contributed by atoms with Crippen molar-refractivity contribution in [2.24, 2.45) is 0 Å². The maximum Gasteiger partial charge on any atom is 0.255 e. The highest BCUT2D eigenvalue weighted by Gasteiger charge is 2.41. The molecule has 1 N–H and O–H groups in total. The maximum atomic E-state index is 12.6. The van der Waals surface area contributed by atoms with Gasteiger partial charge in [-0.15, -0.1) is 0 Å². The fraction of sp³-hybridized carbons (Fsp3) is 0.318. The average Bonchev–Trinajstić information content (AvgIpc) is 3.19. The van der Waals surface area contributed by atoms with Crippen molar-refractivity contribution >= 4 is 23.4 Å². The molecule has 28 heavy (non-hydrogen) atoms. The van der Waals surface area contributed by atoms with E-state index >= 15 is 0 Å². The van der Waals surface area contributed by atoms with Crippen LogP contribution in [0.3, 0.4) is 0 Å². The number of anilines is 1. The normalized spacial score (nSPS) is 19.0. The molecule has 4 rings (SSSR count). The molecule has 6 heteroatoms. The topological polar surface area (TPSA) is 69.7 Å². The number of benzene rings is 2. The number of hydrogen-bond donors (Lipinski definition) is 1. The molecule has 2 fully saturated rings. The van der Waals surface area contributed by atoms with Crippen LogP contribution in [-0.4, -0.2) is 46.7 Å². The molecule has 2 heterocycles. The smallest absolute Gasteiger partial charge is 0.255 e. The molecule has 0 aromatic heterocycles. The van der Waals surface area contributed by atoms with Gasteiger partial charge in [0.1, 0.15) is 12.6 Å². The zero-order valence-corrected chi connectivity index (χ0v) is 15.9. The van der Waals surface area contributed by atoms with Crippen LogP contribution in [0.4, 0.5) is 5.69 Å². The Labute approximate surface area is 164 Å². The number of fused-ring (bicyclic) bond motifs is 1. The Morgan fingerprint density at radius 1 is 1.11 bits per heavy atom. The van der Waals surface area contributed by atoms with Gasteiger partial charge in [0.2, 0.25) is 11.8 Å². The highest BCUT2D eigenvalue weighted by Crippen LogP contribution is 2.25. The van der Waals surface area contributed by atoms with Crippen molar-refractivity contribution in [1.29, 1.82) is 0 Å². The van der Waals surface area contributed by atoms with E-state index in [2.05, 4.69) is 5.32 Å². The molecule has 0 spiro atoms. The summed E-state index contributed by atoms with van der Waals surface area (Å²) in [5.41, 5.74) is 3.24.